The highest BCUT2D eigenvalue weighted by Crippen LogP contribution is 2.09. The van der Waals surface area contributed by atoms with Crippen LogP contribution in [0.4, 0.5) is 0 Å². The van der Waals surface area contributed by atoms with E-state index >= 15 is 0 Å². The van der Waals surface area contributed by atoms with E-state index in [9.17, 15) is 4.79 Å². The predicted octanol–water partition coefficient (Wildman–Crippen LogP) is 3.50. The van der Waals surface area contributed by atoms with Gasteiger partial charge < -0.3 is 10.2 Å². The number of hydrogen-bond acceptors (Lipinski definition) is 3. The molecule has 4 nitrogen and oxygen atoms in total. The van der Waals surface area contributed by atoms with Crippen molar-refractivity contribution in [3.05, 3.63) is 70.2 Å². The van der Waals surface area contributed by atoms with E-state index in [1.54, 1.807) is 13.1 Å². The molecule has 2 aromatic carbocycles. The molecule has 5 heteroatoms. The van der Waals surface area contributed by atoms with Crippen molar-refractivity contribution in [2.75, 3.05) is 0 Å². The molecule has 0 radical (unpaired) electrons. The van der Waals surface area contributed by atoms with Crippen LogP contribution in [0.3, 0.4) is 0 Å². The Bertz CT molecular complexity index is 627. The van der Waals surface area contributed by atoms with Gasteiger partial charge in [0.25, 0.3) is 5.91 Å². The highest BCUT2D eigenvalue weighted by atomic mass is 79.9. The number of nitrogens with zero attached hydrogens (tertiary/aromatic N) is 1. The number of oxime groups is 1. The summed E-state index contributed by atoms with van der Waals surface area (Å²) in [7, 11) is 0. The van der Waals surface area contributed by atoms with Gasteiger partial charge in [0.2, 0.25) is 6.10 Å². The summed E-state index contributed by atoms with van der Waals surface area (Å²) in [4.78, 5) is 17.1. The molecule has 0 unspecified atom stereocenters. The fraction of sp³-hybridized carbons (Fsp3) is 0.176. The minimum atomic E-state index is -0.643. The number of hydrogen-bond donors (Lipinski definition) is 1. The first kappa shape index (κ1) is 16.2. The van der Waals surface area contributed by atoms with Crippen LogP contribution in [0.1, 0.15) is 18.1 Å². The number of carbonyl (C=O) groups is 1. The highest BCUT2D eigenvalue weighted by molar-refractivity contribution is 9.10. The van der Waals surface area contributed by atoms with Gasteiger partial charge in [0.15, 0.2) is 0 Å². The molecule has 0 bridgehead atoms. The van der Waals surface area contributed by atoms with E-state index in [0.29, 0.717) is 6.54 Å². The van der Waals surface area contributed by atoms with E-state index < -0.39 is 6.10 Å². The molecule has 1 N–H and O–H groups in total. The van der Waals surface area contributed by atoms with Crippen molar-refractivity contribution in [2.45, 2.75) is 19.6 Å². The highest BCUT2D eigenvalue weighted by Gasteiger charge is 2.13. The van der Waals surface area contributed by atoms with Crippen LogP contribution in [0.15, 0.2) is 64.2 Å². The van der Waals surface area contributed by atoms with Gasteiger partial charge in [0.05, 0.1) is 6.21 Å². The Kier molecular flexibility index (Phi) is 6.15. The van der Waals surface area contributed by atoms with E-state index in [0.717, 1.165) is 15.6 Å². The summed E-state index contributed by atoms with van der Waals surface area (Å²) >= 11 is 3.36. The van der Waals surface area contributed by atoms with Crippen molar-refractivity contribution in [1.82, 2.24) is 5.32 Å². The maximum absolute atomic E-state index is 11.9. The molecule has 0 saturated carbocycles. The second-order valence-corrected chi connectivity index (χ2v) is 5.65. The molecule has 2 aromatic rings. The maximum Gasteiger partial charge on any atom is 0.263 e. The van der Waals surface area contributed by atoms with Gasteiger partial charge >= 0.3 is 0 Å². The van der Waals surface area contributed by atoms with Gasteiger partial charge in [-0.05, 0) is 30.2 Å². The second-order valence-electron chi connectivity index (χ2n) is 4.74. The molecule has 1 amide bonds. The number of rotatable bonds is 6. The lowest BCUT2D eigenvalue weighted by Gasteiger charge is -2.10. The quantitative estimate of drug-likeness (QED) is 0.632. The molecule has 0 aliphatic carbocycles. The zero-order chi connectivity index (χ0) is 15.8. The van der Waals surface area contributed by atoms with Crippen LogP contribution in [0, 0.1) is 0 Å². The first-order valence-electron chi connectivity index (χ1n) is 6.91. The summed E-state index contributed by atoms with van der Waals surface area (Å²) in [6.45, 7) is 2.14. The largest absolute Gasteiger partial charge is 0.383 e. The van der Waals surface area contributed by atoms with Crippen LogP contribution in [0.5, 0.6) is 0 Å². The van der Waals surface area contributed by atoms with Gasteiger partial charge in [-0.3, -0.25) is 4.79 Å². The lowest BCUT2D eigenvalue weighted by molar-refractivity contribution is -0.131. The van der Waals surface area contributed by atoms with Crippen molar-refractivity contribution in [3.8, 4) is 0 Å². The Hall–Kier alpha value is -2.14. The molecule has 0 aliphatic rings. The molecule has 0 spiro atoms. The average molecular weight is 361 g/mol. The Balaban J connectivity index is 1.77. The molecular formula is C17H17BrN2O2. The normalized spacial score (nSPS) is 12.1. The second kappa shape index (κ2) is 8.34. The van der Waals surface area contributed by atoms with Gasteiger partial charge in [-0.15, -0.1) is 0 Å². The van der Waals surface area contributed by atoms with Gasteiger partial charge in [0, 0.05) is 11.0 Å². The molecule has 114 valence electrons. The topological polar surface area (TPSA) is 50.7 Å². The van der Waals surface area contributed by atoms with Crippen LogP contribution in [-0.4, -0.2) is 18.2 Å². The minimum Gasteiger partial charge on any atom is -0.383 e. The molecule has 1 atom stereocenters. The minimum absolute atomic E-state index is 0.197. The number of benzene rings is 2. The maximum atomic E-state index is 11.9. The molecule has 0 fully saturated rings. The van der Waals surface area contributed by atoms with Crippen molar-refractivity contribution >= 4 is 28.1 Å². The molecular weight excluding hydrogens is 344 g/mol. The number of carbonyl (C=O) groups excluding carboxylic acids is 1. The third-order valence-electron chi connectivity index (χ3n) is 2.97. The number of amides is 1. The van der Waals surface area contributed by atoms with E-state index in [-0.39, 0.29) is 5.91 Å². The summed E-state index contributed by atoms with van der Waals surface area (Å²) < 4.78 is 0.999. The molecule has 0 saturated heterocycles. The van der Waals surface area contributed by atoms with Crippen LogP contribution in [-0.2, 0) is 16.2 Å². The Morgan fingerprint density at radius 1 is 1.23 bits per heavy atom. The Morgan fingerprint density at radius 2 is 1.91 bits per heavy atom. The van der Waals surface area contributed by atoms with Crippen molar-refractivity contribution in [1.29, 1.82) is 0 Å². The third kappa shape index (κ3) is 5.33. The van der Waals surface area contributed by atoms with Gasteiger partial charge in [-0.1, -0.05) is 63.6 Å². The van der Waals surface area contributed by atoms with Crippen LogP contribution in [0.2, 0.25) is 0 Å². The fourth-order valence-electron chi connectivity index (χ4n) is 1.71. The summed E-state index contributed by atoms with van der Waals surface area (Å²) in [5.74, 6) is -0.197. The predicted molar refractivity (Wildman–Crippen MR) is 90.6 cm³/mol. The smallest absolute Gasteiger partial charge is 0.263 e. The number of nitrogens with one attached hydrogen (secondary N) is 1. The molecule has 22 heavy (non-hydrogen) atoms. The number of halogens is 1. The molecule has 2 rings (SSSR count). The Morgan fingerprint density at radius 3 is 2.59 bits per heavy atom. The zero-order valence-electron chi connectivity index (χ0n) is 12.2. The lowest BCUT2D eigenvalue weighted by atomic mass is 10.2. The van der Waals surface area contributed by atoms with Gasteiger partial charge in [-0.2, -0.15) is 0 Å². The summed E-state index contributed by atoms with van der Waals surface area (Å²) in [6.07, 6.45) is 0.934. The average Bonchev–Trinajstić information content (AvgIpc) is 2.55. The first-order valence-corrected chi connectivity index (χ1v) is 7.71. The molecule has 0 aliphatic heterocycles. The van der Waals surface area contributed by atoms with Crippen molar-refractivity contribution in [2.24, 2.45) is 5.16 Å². The van der Waals surface area contributed by atoms with E-state index in [1.165, 1.54) is 0 Å². The van der Waals surface area contributed by atoms with Crippen LogP contribution in [0.25, 0.3) is 0 Å². The Labute approximate surface area is 138 Å². The SMILES string of the molecule is C[C@H](O/N=C\c1ccc(Br)cc1)C(=O)NCc1ccccc1. The summed E-state index contributed by atoms with van der Waals surface area (Å²) in [5, 5.41) is 6.66. The molecule has 0 aromatic heterocycles. The van der Waals surface area contributed by atoms with Crippen LogP contribution >= 0.6 is 15.9 Å². The monoisotopic (exact) mass is 360 g/mol. The lowest BCUT2D eigenvalue weighted by Crippen LogP contribution is -2.33. The standard InChI is InChI=1S/C17H17BrN2O2/c1-13(17(21)19-11-14-5-3-2-4-6-14)22-20-12-15-7-9-16(18)10-8-15/h2-10,12-13H,11H2,1H3,(H,19,21)/b20-12-/t13-/m0/s1. The van der Waals surface area contributed by atoms with Crippen LogP contribution < -0.4 is 5.32 Å². The summed E-state index contributed by atoms with van der Waals surface area (Å²) in [6, 6.07) is 17.3. The van der Waals surface area contributed by atoms with E-state index in [2.05, 4.69) is 26.4 Å². The van der Waals surface area contributed by atoms with Crippen molar-refractivity contribution < 1.29 is 9.63 Å². The third-order valence-corrected chi connectivity index (χ3v) is 3.50. The summed E-state index contributed by atoms with van der Waals surface area (Å²) in [5.41, 5.74) is 1.95. The molecule has 0 heterocycles. The van der Waals surface area contributed by atoms with Crippen molar-refractivity contribution in [3.63, 3.8) is 0 Å². The van der Waals surface area contributed by atoms with Gasteiger partial charge in [0.1, 0.15) is 0 Å². The zero-order valence-corrected chi connectivity index (χ0v) is 13.8. The van der Waals surface area contributed by atoms with Gasteiger partial charge in [-0.25, -0.2) is 0 Å². The fourth-order valence-corrected chi connectivity index (χ4v) is 1.97. The van der Waals surface area contributed by atoms with E-state index in [4.69, 9.17) is 4.84 Å². The first-order chi connectivity index (χ1) is 10.6. The van der Waals surface area contributed by atoms with E-state index in [1.807, 2.05) is 54.6 Å².